The van der Waals surface area contributed by atoms with E-state index in [9.17, 15) is 9.59 Å². The van der Waals surface area contributed by atoms with Crippen LogP contribution in [0.15, 0.2) is 0 Å². The third-order valence-electron chi connectivity index (χ3n) is 1.70. The molecule has 0 aliphatic carbocycles. The van der Waals surface area contributed by atoms with Crippen molar-refractivity contribution in [3.05, 3.63) is 0 Å². The first-order valence-electron chi connectivity index (χ1n) is 5.06. The van der Waals surface area contributed by atoms with Crippen LogP contribution in [-0.4, -0.2) is 40.7 Å². The van der Waals surface area contributed by atoms with Gasteiger partial charge in [0.15, 0.2) is 0 Å². The smallest absolute Gasteiger partial charge is 0.326 e. The molecule has 0 spiro atoms. The second-order valence-electron chi connectivity index (χ2n) is 4.52. The normalized spacial score (nSPS) is 13.0. The number of aliphatic carboxylic acids is 1. The van der Waals surface area contributed by atoms with E-state index in [0.717, 1.165) is 0 Å². The van der Waals surface area contributed by atoms with Gasteiger partial charge in [0.1, 0.15) is 6.04 Å². The Morgan fingerprint density at radius 1 is 1.38 bits per heavy atom. The second-order valence-corrected chi connectivity index (χ2v) is 5.51. The van der Waals surface area contributed by atoms with Gasteiger partial charge in [0.25, 0.3) is 0 Å². The number of carboxylic acids is 1. The molecule has 0 saturated carbocycles. The average Bonchev–Trinajstić information content (AvgIpc) is 2.08. The molecule has 0 bridgehead atoms. The van der Waals surface area contributed by atoms with Gasteiger partial charge in [0.05, 0.1) is 0 Å². The van der Waals surface area contributed by atoms with Crippen LogP contribution in [0.2, 0.25) is 0 Å². The van der Waals surface area contributed by atoms with Crippen LogP contribution in [-0.2, 0) is 4.79 Å². The van der Waals surface area contributed by atoms with Gasteiger partial charge < -0.3 is 15.7 Å². The van der Waals surface area contributed by atoms with E-state index in [1.165, 1.54) is 0 Å². The standard InChI is InChI=1S/C10H20N2O3S/c1-10(2,3)12-9(15)11-7(8(13)14)5-6-16-4/h7H,5-6H2,1-4H3,(H,13,14)(H2,11,12,15). The van der Waals surface area contributed by atoms with Gasteiger partial charge in [-0.1, -0.05) is 0 Å². The number of hydrogen-bond donors (Lipinski definition) is 3. The van der Waals surface area contributed by atoms with Crippen LogP contribution < -0.4 is 10.6 Å². The summed E-state index contributed by atoms with van der Waals surface area (Å²) in [6.45, 7) is 5.51. The molecular weight excluding hydrogens is 228 g/mol. The van der Waals surface area contributed by atoms with Crippen LogP contribution in [0.25, 0.3) is 0 Å². The predicted octanol–water partition coefficient (Wildman–Crippen LogP) is 1.29. The number of carboxylic acid groups (broad SMARTS) is 1. The molecule has 0 aromatic carbocycles. The molecule has 0 aromatic rings. The topological polar surface area (TPSA) is 78.4 Å². The van der Waals surface area contributed by atoms with Crippen molar-refractivity contribution in [3.8, 4) is 0 Å². The van der Waals surface area contributed by atoms with Gasteiger partial charge in [-0.05, 0) is 39.2 Å². The number of carbonyl (C=O) groups excluding carboxylic acids is 1. The highest BCUT2D eigenvalue weighted by Gasteiger charge is 2.21. The summed E-state index contributed by atoms with van der Waals surface area (Å²) in [4.78, 5) is 22.3. The van der Waals surface area contributed by atoms with E-state index in [1.54, 1.807) is 11.8 Å². The lowest BCUT2D eigenvalue weighted by atomic mass is 10.1. The number of thioether (sulfide) groups is 1. The zero-order valence-electron chi connectivity index (χ0n) is 10.2. The highest BCUT2D eigenvalue weighted by Crippen LogP contribution is 2.02. The zero-order chi connectivity index (χ0) is 12.8. The lowest BCUT2D eigenvalue weighted by molar-refractivity contribution is -0.139. The van der Waals surface area contributed by atoms with Crippen LogP contribution in [0.4, 0.5) is 4.79 Å². The minimum absolute atomic E-state index is 0.368. The van der Waals surface area contributed by atoms with Crippen molar-refractivity contribution < 1.29 is 14.7 Å². The number of carbonyl (C=O) groups is 2. The van der Waals surface area contributed by atoms with Crippen LogP contribution in [0.1, 0.15) is 27.2 Å². The second kappa shape index (κ2) is 6.62. The van der Waals surface area contributed by atoms with Gasteiger partial charge in [-0.3, -0.25) is 0 Å². The highest BCUT2D eigenvalue weighted by molar-refractivity contribution is 7.98. The van der Waals surface area contributed by atoms with Crippen molar-refractivity contribution in [2.24, 2.45) is 0 Å². The fourth-order valence-electron chi connectivity index (χ4n) is 1.03. The molecule has 0 rings (SSSR count). The highest BCUT2D eigenvalue weighted by atomic mass is 32.2. The third kappa shape index (κ3) is 7.39. The summed E-state index contributed by atoms with van der Waals surface area (Å²) < 4.78 is 0. The van der Waals surface area contributed by atoms with E-state index in [2.05, 4.69) is 10.6 Å². The van der Waals surface area contributed by atoms with Crippen LogP contribution >= 0.6 is 11.8 Å². The maximum Gasteiger partial charge on any atom is 0.326 e. The molecule has 0 fully saturated rings. The lowest BCUT2D eigenvalue weighted by Gasteiger charge is -2.22. The molecule has 2 amide bonds. The lowest BCUT2D eigenvalue weighted by Crippen LogP contribution is -2.51. The number of hydrogen-bond acceptors (Lipinski definition) is 3. The molecule has 0 radical (unpaired) electrons. The van der Waals surface area contributed by atoms with E-state index in [-0.39, 0.29) is 5.54 Å². The van der Waals surface area contributed by atoms with Gasteiger partial charge in [-0.2, -0.15) is 11.8 Å². The summed E-state index contributed by atoms with van der Waals surface area (Å²) in [5.41, 5.74) is -0.368. The first-order valence-corrected chi connectivity index (χ1v) is 6.46. The first kappa shape index (κ1) is 15.1. The van der Waals surface area contributed by atoms with E-state index >= 15 is 0 Å². The molecule has 3 N–H and O–H groups in total. The summed E-state index contributed by atoms with van der Waals surface area (Å²) >= 11 is 1.55. The van der Waals surface area contributed by atoms with E-state index in [4.69, 9.17) is 5.11 Å². The molecule has 0 aromatic heterocycles. The summed E-state index contributed by atoms with van der Waals surface area (Å²) in [7, 11) is 0. The maximum atomic E-state index is 11.4. The summed E-state index contributed by atoms with van der Waals surface area (Å²) in [5.74, 6) is -0.301. The number of rotatable bonds is 5. The molecule has 0 saturated heterocycles. The Labute approximate surface area is 100 Å². The molecular formula is C10H20N2O3S. The van der Waals surface area contributed by atoms with E-state index < -0.39 is 18.0 Å². The molecule has 1 unspecified atom stereocenters. The minimum Gasteiger partial charge on any atom is -0.480 e. The molecule has 94 valence electrons. The van der Waals surface area contributed by atoms with Crippen LogP contribution in [0.5, 0.6) is 0 Å². The van der Waals surface area contributed by atoms with E-state index in [0.29, 0.717) is 12.2 Å². The Balaban J connectivity index is 4.19. The van der Waals surface area contributed by atoms with Gasteiger partial charge in [0.2, 0.25) is 0 Å². The van der Waals surface area contributed by atoms with E-state index in [1.807, 2.05) is 27.0 Å². The van der Waals surface area contributed by atoms with Gasteiger partial charge in [-0.15, -0.1) is 0 Å². The molecule has 1 atom stereocenters. The third-order valence-corrected chi connectivity index (χ3v) is 2.35. The molecule has 0 aliphatic heterocycles. The predicted molar refractivity (Wildman–Crippen MR) is 65.8 cm³/mol. The van der Waals surface area contributed by atoms with Crippen LogP contribution in [0, 0.1) is 0 Å². The summed E-state index contributed by atoms with van der Waals surface area (Å²) in [5, 5.41) is 14.0. The number of amides is 2. The minimum atomic E-state index is -1.00. The SMILES string of the molecule is CSCCC(NC(=O)NC(C)(C)C)C(=O)O. The van der Waals surface area contributed by atoms with Crippen molar-refractivity contribution >= 4 is 23.8 Å². The van der Waals surface area contributed by atoms with Crippen molar-refractivity contribution in [2.75, 3.05) is 12.0 Å². The number of nitrogens with one attached hydrogen (secondary N) is 2. The molecule has 16 heavy (non-hydrogen) atoms. The Kier molecular flexibility index (Phi) is 6.25. The molecule has 0 aliphatic rings. The quantitative estimate of drug-likeness (QED) is 0.685. The molecule has 5 nitrogen and oxygen atoms in total. The summed E-state index contributed by atoms with van der Waals surface area (Å²) in [6.07, 6.45) is 2.32. The van der Waals surface area contributed by atoms with Gasteiger partial charge in [-0.25, -0.2) is 9.59 Å². The molecule has 0 heterocycles. The Hall–Kier alpha value is -0.910. The maximum absolute atomic E-state index is 11.4. The summed E-state index contributed by atoms with van der Waals surface area (Å²) in [6, 6.07) is -1.27. The van der Waals surface area contributed by atoms with Crippen LogP contribution in [0.3, 0.4) is 0 Å². The average molecular weight is 248 g/mol. The van der Waals surface area contributed by atoms with Gasteiger partial charge >= 0.3 is 12.0 Å². The first-order chi connectivity index (χ1) is 7.26. The fourth-order valence-corrected chi connectivity index (χ4v) is 1.50. The molecule has 6 heteroatoms. The monoisotopic (exact) mass is 248 g/mol. The zero-order valence-corrected chi connectivity index (χ0v) is 11.0. The van der Waals surface area contributed by atoms with Crippen molar-refractivity contribution in [1.82, 2.24) is 10.6 Å². The fraction of sp³-hybridized carbons (Fsp3) is 0.800. The van der Waals surface area contributed by atoms with Crippen molar-refractivity contribution in [1.29, 1.82) is 0 Å². The Morgan fingerprint density at radius 3 is 2.31 bits per heavy atom. The van der Waals surface area contributed by atoms with Gasteiger partial charge in [0, 0.05) is 5.54 Å². The van der Waals surface area contributed by atoms with Crippen molar-refractivity contribution in [2.45, 2.75) is 38.8 Å². The number of urea groups is 1. The Morgan fingerprint density at radius 2 is 1.94 bits per heavy atom. The Bertz CT molecular complexity index is 251. The largest absolute Gasteiger partial charge is 0.480 e. The van der Waals surface area contributed by atoms with Crippen molar-refractivity contribution in [3.63, 3.8) is 0 Å².